The second kappa shape index (κ2) is 5.98. The van der Waals surface area contributed by atoms with E-state index >= 15 is 0 Å². The van der Waals surface area contributed by atoms with Crippen molar-refractivity contribution in [2.45, 2.75) is 12.5 Å². The lowest BCUT2D eigenvalue weighted by Gasteiger charge is -2.14. The van der Waals surface area contributed by atoms with Gasteiger partial charge in [0.2, 0.25) is 5.88 Å². The molecule has 0 aliphatic heterocycles. The molecule has 0 bridgehead atoms. The summed E-state index contributed by atoms with van der Waals surface area (Å²) < 4.78 is 6.14. The molecule has 2 aromatic rings. The Hall–Kier alpha value is -1.39. The highest BCUT2D eigenvalue weighted by molar-refractivity contribution is 9.10. The Kier molecular flexibility index (Phi) is 4.33. The molecule has 0 amide bonds. The average molecular weight is 308 g/mol. The molecular weight excluding hydrogens is 294 g/mol. The van der Waals surface area contributed by atoms with E-state index in [0.29, 0.717) is 17.9 Å². The van der Waals surface area contributed by atoms with Gasteiger partial charge in [-0.25, -0.2) is 4.98 Å². The van der Waals surface area contributed by atoms with Gasteiger partial charge in [0.15, 0.2) is 0 Å². The van der Waals surface area contributed by atoms with Crippen LogP contribution >= 0.6 is 15.9 Å². The molecule has 1 unspecified atom stereocenters. The van der Waals surface area contributed by atoms with Crippen LogP contribution in [0, 0.1) is 0 Å². The second-order valence-electron chi connectivity index (χ2n) is 3.91. The Balaban J connectivity index is 2.22. The van der Waals surface area contributed by atoms with Crippen LogP contribution in [0.4, 0.5) is 0 Å². The predicted molar refractivity (Wildman–Crippen MR) is 73.6 cm³/mol. The second-order valence-corrected chi connectivity index (χ2v) is 4.77. The van der Waals surface area contributed by atoms with Gasteiger partial charge in [0.1, 0.15) is 0 Å². The first kappa shape index (κ1) is 13.1. The Morgan fingerprint density at radius 1 is 1.28 bits per heavy atom. The first-order valence-corrected chi connectivity index (χ1v) is 6.42. The predicted octanol–water partition coefficient (Wildman–Crippen LogP) is 3.13. The number of benzene rings is 1. The zero-order valence-corrected chi connectivity index (χ0v) is 11.6. The van der Waals surface area contributed by atoms with Crippen molar-refractivity contribution in [2.75, 3.05) is 7.11 Å². The van der Waals surface area contributed by atoms with Crippen molar-refractivity contribution in [2.24, 2.45) is 0 Å². The summed E-state index contributed by atoms with van der Waals surface area (Å²) in [4.78, 5) is 4.09. The van der Waals surface area contributed by atoms with E-state index in [1.54, 1.807) is 19.4 Å². The standard InChI is InChI=1S/C14H14BrNO2/c1-18-14-11(6-4-8-16-14)13(17)9-10-5-2-3-7-12(10)15/h2-8,13,17H,9H2,1H3. The summed E-state index contributed by atoms with van der Waals surface area (Å²) in [7, 11) is 1.55. The molecule has 0 fully saturated rings. The van der Waals surface area contributed by atoms with Crippen LogP contribution in [0.5, 0.6) is 5.88 Å². The summed E-state index contributed by atoms with van der Waals surface area (Å²) in [5, 5.41) is 10.3. The topological polar surface area (TPSA) is 42.4 Å². The fourth-order valence-electron chi connectivity index (χ4n) is 1.81. The summed E-state index contributed by atoms with van der Waals surface area (Å²) in [5.41, 5.74) is 1.76. The SMILES string of the molecule is COc1ncccc1C(O)Cc1ccccc1Br. The molecule has 1 atom stereocenters. The molecule has 0 saturated heterocycles. The van der Waals surface area contributed by atoms with Gasteiger partial charge in [0, 0.05) is 22.7 Å². The van der Waals surface area contributed by atoms with Crippen molar-refractivity contribution < 1.29 is 9.84 Å². The number of rotatable bonds is 4. The molecular formula is C14H14BrNO2. The van der Waals surface area contributed by atoms with E-state index in [4.69, 9.17) is 4.74 Å². The minimum atomic E-state index is -0.632. The van der Waals surface area contributed by atoms with Crippen LogP contribution in [0.25, 0.3) is 0 Å². The third-order valence-electron chi connectivity index (χ3n) is 2.72. The highest BCUT2D eigenvalue weighted by Gasteiger charge is 2.15. The molecule has 4 heteroatoms. The van der Waals surface area contributed by atoms with Crippen LogP contribution in [0.2, 0.25) is 0 Å². The third-order valence-corrected chi connectivity index (χ3v) is 3.50. The molecule has 1 N–H and O–H groups in total. The number of halogens is 1. The number of pyridine rings is 1. The molecule has 0 spiro atoms. The van der Waals surface area contributed by atoms with Crippen molar-refractivity contribution in [3.8, 4) is 5.88 Å². The molecule has 3 nitrogen and oxygen atoms in total. The minimum absolute atomic E-state index is 0.469. The highest BCUT2D eigenvalue weighted by atomic mass is 79.9. The van der Waals surface area contributed by atoms with Crippen LogP contribution in [0.3, 0.4) is 0 Å². The molecule has 0 aliphatic carbocycles. The van der Waals surface area contributed by atoms with Gasteiger partial charge < -0.3 is 9.84 Å². The normalized spacial score (nSPS) is 12.2. The van der Waals surface area contributed by atoms with Crippen molar-refractivity contribution in [1.82, 2.24) is 4.98 Å². The highest BCUT2D eigenvalue weighted by Crippen LogP contribution is 2.27. The van der Waals surface area contributed by atoms with Crippen LogP contribution in [-0.2, 0) is 6.42 Å². The molecule has 0 saturated carbocycles. The van der Waals surface area contributed by atoms with Crippen molar-refractivity contribution in [3.63, 3.8) is 0 Å². The molecule has 1 aromatic heterocycles. The van der Waals surface area contributed by atoms with Crippen LogP contribution in [-0.4, -0.2) is 17.2 Å². The lowest BCUT2D eigenvalue weighted by molar-refractivity contribution is 0.172. The van der Waals surface area contributed by atoms with Gasteiger partial charge in [-0.3, -0.25) is 0 Å². The quantitative estimate of drug-likeness (QED) is 0.943. The van der Waals surface area contributed by atoms with Gasteiger partial charge in [-0.15, -0.1) is 0 Å². The van der Waals surface area contributed by atoms with Crippen LogP contribution < -0.4 is 4.74 Å². The van der Waals surface area contributed by atoms with Crippen LogP contribution in [0.15, 0.2) is 47.1 Å². The van der Waals surface area contributed by atoms with Gasteiger partial charge in [0.05, 0.1) is 13.2 Å². The minimum Gasteiger partial charge on any atom is -0.481 e. The van der Waals surface area contributed by atoms with Crippen molar-refractivity contribution in [1.29, 1.82) is 0 Å². The first-order valence-electron chi connectivity index (χ1n) is 5.62. The summed E-state index contributed by atoms with van der Waals surface area (Å²) in [5.74, 6) is 0.469. The van der Waals surface area contributed by atoms with Gasteiger partial charge in [-0.05, 0) is 23.8 Å². The number of nitrogens with zero attached hydrogens (tertiary/aromatic N) is 1. The van der Waals surface area contributed by atoms with Gasteiger partial charge in [-0.2, -0.15) is 0 Å². The van der Waals surface area contributed by atoms with E-state index < -0.39 is 6.10 Å². The lowest BCUT2D eigenvalue weighted by Crippen LogP contribution is -2.05. The van der Waals surface area contributed by atoms with E-state index in [-0.39, 0.29) is 0 Å². The molecule has 94 valence electrons. The summed E-state index contributed by atoms with van der Waals surface area (Å²) in [6, 6.07) is 11.5. The lowest BCUT2D eigenvalue weighted by atomic mass is 10.0. The number of aliphatic hydroxyl groups excluding tert-OH is 1. The number of methoxy groups -OCH3 is 1. The number of ether oxygens (including phenoxy) is 1. The molecule has 2 rings (SSSR count). The number of aliphatic hydroxyl groups is 1. The number of aromatic nitrogens is 1. The van der Waals surface area contributed by atoms with Crippen molar-refractivity contribution >= 4 is 15.9 Å². The summed E-state index contributed by atoms with van der Waals surface area (Å²) >= 11 is 3.47. The molecule has 1 aromatic carbocycles. The van der Waals surface area contributed by atoms with E-state index in [9.17, 15) is 5.11 Å². The summed E-state index contributed by atoms with van der Waals surface area (Å²) in [6.45, 7) is 0. The Morgan fingerprint density at radius 3 is 2.78 bits per heavy atom. The number of hydrogen-bond acceptors (Lipinski definition) is 3. The van der Waals surface area contributed by atoms with Crippen LogP contribution in [0.1, 0.15) is 17.2 Å². The fourth-order valence-corrected chi connectivity index (χ4v) is 2.26. The maximum Gasteiger partial charge on any atom is 0.218 e. The Morgan fingerprint density at radius 2 is 2.06 bits per heavy atom. The van der Waals surface area contributed by atoms with Gasteiger partial charge in [0.25, 0.3) is 0 Å². The van der Waals surface area contributed by atoms with Gasteiger partial charge in [-0.1, -0.05) is 34.1 Å². The fraction of sp³-hybridized carbons (Fsp3) is 0.214. The van der Waals surface area contributed by atoms with Crippen molar-refractivity contribution in [3.05, 3.63) is 58.2 Å². The summed E-state index contributed by atoms with van der Waals surface area (Å²) in [6.07, 6.45) is 1.53. The molecule has 1 heterocycles. The van der Waals surface area contributed by atoms with E-state index in [1.165, 1.54) is 0 Å². The largest absolute Gasteiger partial charge is 0.481 e. The molecule has 0 radical (unpaired) electrons. The smallest absolute Gasteiger partial charge is 0.218 e. The maximum absolute atomic E-state index is 10.3. The monoisotopic (exact) mass is 307 g/mol. The average Bonchev–Trinajstić information content (AvgIpc) is 2.41. The molecule has 0 aliphatic rings. The van der Waals surface area contributed by atoms with E-state index in [2.05, 4.69) is 20.9 Å². The molecule has 18 heavy (non-hydrogen) atoms. The van der Waals surface area contributed by atoms with Gasteiger partial charge >= 0.3 is 0 Å². The zero-order valence-electron chi connectivity index (χ0n) is 10.0. The Labute approximate surface area is 115 Å². The Bertz CT molecular complexity index is 531. The zero-order chi connectivity index (χ0) is 13.0. The first-order chi connectivity index (χ1) is 8.72. The van der Waals surface area contributed by atoms with E-state index in [1.807, 2.05) is 30.3 Å². The maximum atomic E-state index is 10.3. The third kappa shape index (κ3) is 2.89. The number of hydrogen-bond donors (Lipinski definition) is 1. The van der Waals surface area contributed by atoms with E-state index in [0.717, 1.165) is 10.0 Å².